The maximum Gasteiger partial charge on any atom is 0.208 e. The number of nitrogens with one attached hydrogen (secondary N) is 1. The summed E-state index contributed by atoms with van der Waals surface area (Å²) in [6, 6.07) is 3.43. The zero-order valence-electron chi connectivity index (χ0n) is 17.2. The zero-order valence-corrected chi connectivity index (χ0v) is 17.2. The number of hydrogen-bond donors (Lipinski definition) is 1. The Labute approximate surface area is 173 Å². The lowest BCUT2D eigenvalue weighted by molar-refractivity contribution is 0.356. The quantitative estimate of drug-likeness (QED) is 0.539. The van der Waals surface area contributed by atoms with Gasteiger partial charge in [-0.15, -0.1) is 0 Å². The van der Waals surface area contributed by atoms with Crippen LogP contribution in [-0.4, -0.2) is 30.8 Å². The number of halogens is 1. The predicted octanol–water partition coefficient (Wildman–Crippen LogP) is 4.17. The van der Waals surface area contributed by atoms with Crippen LogP contribution in [0.15, 0.2) is 36.9 Å². The number of aryl methyl sites for hydroxylation is 1. The fourth-order valence-corrected chi connectivity index (χ4v) is 3.86. The molecule has 154 valence electrons. The van der Waals surface area contributed by atoms with Gasteiger partial charge in [-0.3, -0.25) is 9.08 Å². The molecule has 5 rings (SSSR count). The Morgan fingerprint density at radius 3 is 2.90 bits per heavy atom. The van der Waals surface area contributed by atoms with Gasteiger partial charge in [0.15, 0.2) is 0 Å². The van der Waals surface area contributed by atoms with Crippen LogP contribution in [0.1, 0.15) is 36.7 Å². The highest BCUT2D eigenvalue weighted by Crippen LogP contribution is 2.31. The van der Waals surface area contributed by atoms with Crippen molar-refractivity contribution in [3.05, 3.63) is 59.6 Å². The van der Waals surface area contributed by atoms with Crippen molar-refractivity contribution in [3.8, 4) is 16.9 Å². The van der Waals surface area contributed by atoms with Gasteiger partial charge in [-0.05, 0) is 32.9 Å². The molecule has 1 aliphatic heterocycles. The highest BCUT2D eigenvalue weighted by Gasteiger charge is 2.20. The number of hydrogen-bond acceptors (Lipinski definition) is 5. The molecular formula is C22H23FN6O. The van der Waals surface area contributed by atoms with E-state index in [2.05, 4.69) is 34.2 Å². The molecule has 3 aromatic heterocycles. The lowest BCUT2D eigenvalue weighted by Crippen LogP contribution is -2.09. The second-order valence-electron chi connectivity index (χ2n) is 7.83. The van der Waals surface area contributed by atoms with E-state index >= 15 is 0 Å². The van der Waals surface area contributed by atoms with Gasteiger partial charge in [0.1, 0.15) is 17.2 Å². The van der Waals surface area contributed by atoms with Crippen molar-refractivity contribution in [3.63, 3.8) is 0 Å². The summed E-state index contributed by atoms with van der Waals surface area (Å²) in [6.07, 6.45) is 8.27. The Morgan fingerprint density at radius 1 is 1.23 bits per heavy atom. The SMILES string of the molecule is Cc1cn2c(NCc3c(F)ccc4c3CCO4)ncc(-c3cnn(C(C)C)c3)c2n1. The number of ether oxygens (including phenoxy) is 1. The predicted molar refractivity (Wildman–Crippen MR) is 112 cm³/mol. The molecule has 0 aliphatic carbocycles. The molecule has 4 heterocycles. The van der Waals surface area contributed by atoms with E-state index in [0.717, 1.165) is 40.2 Å². The molecule has 0 saturated carbocycles. The van der Waals surface area contributed by atoms with Crippen LogP contribution in [0.25, 0.3) is 16.8 Å². The molecule has 8 heteroatoms. The summed E-state index contributed by atoms with van der Waals surface area (Å²) in [5.41, 5.74) is 5.08. The lowest BCUT2D eigenvalue weighted by atomic mass is 10.0. The summed E-state index contributed by atoms with van der Waals surface area (Å²) in [4.78, 5) is 9.30. The Kier molecular flexibility index (Phi) is 4.42. The Morgan fingerprint density at radius 2 is 2.10 bits per heavy atom. The van der Waals surface area contributed by atoms with E-state index in [1.165, 1.54) is 6.07 Å². The van der Waals surface area contributed by atoms with E-state index in [1.54, 1.807) is 12.3 Å². The average Bonchev–Trinajstić information content (AvgIpc) is 3.45. The van der Waals surface area contributed by atoms with Crippen molar-refractivity contribution < 1.29 is 9.13 Å². The van der Waals surface area contributed by atoms with Gasteiger partial charge in [0.05, 0.1) is 18.5 Å². The van der Waals surface area contributed by atoms with Gasteiger partial charge in [-0.2, -0.15) is 5.10 Å². The summed E-state index contributed by atoms with van der Waals surface area (Å²) in [5.74, 6) is 1.14. The van der Waals surface area contributed by atoms with Gasteiger partial charge in [0, 0.05) is 59.9 Å². The number of rotatable bonds is 5. The highest BCUT2D eigenvalue weighted by molar-refractivity contribution is 5.77. The van der Waals surface area contributed by atoms with Crippen LogP contribution in [0.3, 0.4) is 0 Å². The maximum atomic E-state index is 14.5. The van der Waals surface area contributed by atoms with Gasteiger partial charge < -0.3 is 10.1 Å². The van der Waals surface area contributed by atoms with E-state index in [9.17, 15) is 4.39 Å². The molecule has 4 aromatic rings. The second-order valence-corrected chi connectivity index (χ2v) is 7.83. The minimum absolute atomic E-state index is 0.234. The molecule has 0 atom stereocenters. The smallest absolute Gasteiger partial charge is 0.208 e. The third-order valence-corrected chi connectivity index (χ3v) is 5.42. The lowest BCUT2D eigenvalue weighted by Gasteiger charge is -2.12. The standard InChI is InChI=1S/C22H23FN6O/c1-13(2)29-12-15(8-26-29)17-9-24-22(28-11-14(3)27-21(17)28)25-10-18-16-6-7-30-20(16)5-4-19(18)23/h4-5,8-9,11-13H,6-7,10H2,1-3H3,(H,24,25). The van der Waals surface area contributed by atoms with E-state index in [-0.39, 0.29) is 11.9 Å². The highest BCUT2D eigenvalue weighted by atomic mass is 19.1. The zero-order chi connectivity index (χ0) is 20.8. The molecule has 0 spiro atoms. The van der Waals surface area contributed by atoms with E-state index in [4.69, 9.17) is 4.74 Å². The molecule has 1 aromatic carbocycles. The molecular weight excluding hydrogens is 383 g/mol. The summed E-state index contributed by atoms with van der Waals surface area (Å²) in [7, 11) is 0. The van der Waals surface area contributed by atoms with Crippen LogP contribution in [0.4, 0.5) is 10.3 Å². The topological polar surface area (TPSA) is 69.3 Å². The summed E-state index contributed by atoms with van der Waals surface area (Å²) < 4.78 is 23.9. The van der Waals surface area contributed by atoms with Gasteiger partial charge in [-0.25, -0.2) is 14.4 Å². The molecule has 0 radical (unpaired) electrons. The third-order valence-electron chi connectivity index (χ3n) is 5.42. The molecule has 0 unspecified atom stereocenters. The number of anilines is 1. The van der Waals surface area contributed by atoms with Gasteiger partial charge in [0.25, 0.3) is 0 Å². The van der Waals surface area contributed by atoms with Gasteiger partial charge >= 0.3 is 0 Å². The second kappa shape index (κ2) is 7.12. The van der Waals surface area contributed by atoms with Crippen molar-refractivity contribution in [1.82, 2.24) is 24.1 Å². The van der Waals surface area contributed by atoms with Crippen molar-refractivity contribution in [2.24, 2.45) is 0 Å². The number of aromatic nitrogens is 5. The first kappa shape index (κ1) is 18.6. The summed E-state index contributed by atoms with van der Waals surface area (Å²) >= 11 is 0. The first-order valence-corrected chi connectivity index (χ1v) is 10.1. The molecule has 7 nitrogen and oxygen atoms in total. The van der Waals surface area contributed by atoms with Gasteiger partial charge in [-0.1, -0.05) is 0 Å². The van der Waals surface area contributed by atoms with E-state index in [1.807, 2.05) is 34.6 Å². The van der Waals surface area contributed by atoms with E-state index < -0.39 is 0 Å². The van der Waals surface area contributed by atoms with Crippen LogP contribution in [0.5, 0.6) is 5.75 Å². The van der Waals surface area contributed by atoms with Crippen LogP contribution in [0.2, 0.25) is 0 Å². The van der Waals surface area contributed by atoms with Crippen LogP contribution >= 0.6 is 0 Å². The number of imidazole rings is 1. The molecule has 1 aliphatic rings. The molecule has 0 fully saturated rings. The van der Waals surface area contributed by atoms with Crippen molar-refractivity contribution in [2.75, 3.05) is 11.9 Å². The minimum atomic E-state index is -0.234. The monoisotopic (exact) mass is 406 g/mol. The van der Waals surface area contributed by atoms with Crippen LogP contribution in [-0.2, 0) is 13.0 Å². The molecule has 0 amide bonds. The van der Waals surface area contributed by atoms with Gasteiger partial charge in [0.2, 0.25) is 5.95 Å². The largest absolute Gasteiger partial charge is 0.493 e. The first-order chi connectivity index (χ1) is 14.5. The molecule has 0 saturated heterocycles. The molecule has 30 heavy (non-hydrogen) atoms. The van der Waals surface area contributed by atoms with Crippen molar-refractivity contribution in [1.29, 1.82) is 0 Å². The Balaban J connectivity index is 1.50. The first-order valence-electron chi connectivity index (χ1n) is 10.1. The number of benzene rings is 1. The fraction of sp³-hybridized carbons (Fsp3) is 0.318. The minimum Gasteiger partial charge on any atom is -0.493 e. The number of fused-ring (bicyclic) bond motifs is 2. The van der Waals surface area contributed by atoms with E-state index in [0.29, 0.717) is 24.7 Å². The van der Waals surface area contributed by atoms with Crippen molar-refractivity contribution in [2.45, 2.75) is 39.8 Å². The normalized spacial score (nSPS) is 13.1. The third kappa shape index (κ3) is 3.08. The summed E-state index contributed by atoms with van der Waals surface area (Å²) in [5, 5.41) is 7.72. The fourth-order valence-electron chi connectivity index (χ4n) is 3.86. The Hall–Kier alpha value is -3.42. The summed E-state index contributed by atoms with van der Waals surface area (Å²) in [6.45, 7) is 7.03. The average molecular weight is 406 g/mol. The van der Waals surface area contributed by atoms with Crippen LogP contribution < -0.4 is 10.1 Å². The van der Waals surface area contributed by atoms with Crippen molar-refractivity contribution >= 4 is 11.6 Å². The van der Waals surface area contributed by atoms with Crippen LogP contribution in [0, 0.1) is 12.7 Å². The number of nitrogens with zero attached hydrogens (tertiary/aromatic N) is 5. The molecule has 0 bridgehead atoms. The molecule has 1 N–H and O–H groups in total. The maximum absolute atomic E-state index is 14.5. The Bertz CT molecular complexity index is 1240.